The number of nitro groups is 1. The van der Waals surface area contributed by atoms with Crippen LogP contribution >= 0.6 is 0 Å². The van der Waals surface area contributed by atoms with E-state index in [1.165, 1.54) is 0 Å². The number of anilines is 2. The van der Waals surface area contributed by atoms with E-state index in [2.05, 4.69) is 15.3 Å². The first kappa shape index (κ1) is 11.6. The summed E-state index contributed by atoms with van der Waals surface area (Å²) in [6.07, 6.45) is 1.04. The Balaban J connectivity index is 2.80. The second-order valence-corrected chi connectivity index (χ2v) is 2.86. The molecule has 1 aromatic rings. The Morgan fingerprint density at radius 2 is 2.31 bits per heavy atom. The van der Waals surface area contributed by atoms with Gasteiger partial charge in [-0.2, -0.15) is 4.98 Å². The van der Waals surface area contributed by atoms with Crippen LogP contribution in [0, 0.1) is 10.1 Å². The van der Waals surface area contributed by atoms with Crippen molar-refractivity contribution in [2.45, 2.75) is 6.42 Å². The molecule has 1 aromatic heterocycles. The zero-order chi connectivity index (χ0) is 12.1. The number of amides is 1. The molecule has 0 spiro atoms. The zero-order valence-electron chi connectivity index (χ0n) is 8.21. The molecule has 0 aliphatic heterocycles. The van der Waals surface area contributed by atoms with Crippen molar-refractivity contribution in [1.29, 1.82) is 0 Å². The molecule has 0 bridgehead atoms. The van der Waals surface area contributed by atoms with Crippen LogP contribution in [-0.2, 0) is 4.79 Å². The number of rotatable bonds is 5. The summed E-state index contributed by atoms with van der Waals surface area (Å²) < 4.78 is 0. The monoisotopic (exact) mass is 226 g/mol. The lowest BCUT2D eigenvalue weighted by Crippen LogP contribution is -2.17. The number of carbonyl (C=O) groups is 1. The van der Waals surface area contributed by atoms with Crippen LogP contribution in [0.4, 0.5) is 17.5 Å². The number of primary amides is 1. The van der Waals surface area contributed by atoms with Crippen LogP contribution < -0.4 is 16.8 Å². The van der Waals surface area contributed by atoms with Crippen LogP contribution in [0.25, 0.3) is 0 Å². The molecule has 0 radical (unpaired) electrons. The molecule has 0 aliphatic carbocycles. The van der Waals surface area contributed by atoms with Gasteiger partial charge in [-0.1, -0.05) is 0 Å². The quantitative estimate of drug-likeness (QED) is 0.441. The first-order valence-electron chi connectivity index (χ1n) is 4.30. The van der Waals surface area contributed by atoms with Crippen molar-refractivity contribution in [2.24, 2.45) is 5.73 Å². The standard InChI is InChI=1S/C7H10N6O3/c8-5(14)1-2-10-6-4(13(15)16)3-11-7(9)12-6/h3H,1-2H2,(H2,8,14)(H3,9,10,11,12). The summed E-state index contributed by atoms with van der Waals surface area (Å²) in [5.41, 5.74) is 9.89. The fraction of sp³-hybridized carbons (Fsp3) is 0.286. The van der Waals surface area contributed by atoms with Crippen LogP contribution in [0.15, 0.2) is 6.20 Å². The molecule has 1 heterocycles. The summed E-state index contributed by atoms with van der Waals surface area (Å²) in [5, 5.41) is 13.2. The predicted molar refractivity (Wildman–Crippen MR) is 55.4 cm³/mol. The fourth-order valence-corrected chi connectivity index (χ4v) is 0.957. The first-order chi connectivity index (χ1) is 7.50. The molecular formula is C7H10N6O3. The van der Waals surface area contributed by atoms with E-state index in [1.807, 2.05) is 0 Å². The molecule has 0 aliphatic rings. The van der Waals surface area contributed by atoms with Gasteiger partial charge < -0.3 is 16.8 Å². The highest BCUT2D eigenvalue weighted by Crippen LogP contribution is 2.20. The van der Waals surface area contributed by atoms with Crippen LogP contribution in [0.1, 0.15) is 6.42 Å². The molecular weight excluding hydrogens is 216 g/mol. The van der Waals surface area contributed by atoms with Crippen LogP contribution in [0.2, 0.25) is 0 Å². The van der Waals surface area contributed by atoms with Crippen molar-refractivity contribution in [3.8, 4) is 0 Å². The molecule has 9 nitrogen and oxygen atoms in total. The highest BCUT2D eigenvalue weighted by Gasteiger charge is 2.16. The number of carbonyl (C=O) groups excluding carboxylic acids is 1. The van der Waals surface area contributed by atoms with E-state index >= 15 is 0 Å². The third kappa shape index (κ3) is 3.04. The van der Waals surface area contributed by atoms with E-state index in [-0.39, 0.29) is 30.4 Å². The van der Waals surface area contributed by atoms with Crippen molar-refractivity contribution >= 4 is 23.4 Å². The van der Waals surface area contributed by atoms with Gasteiger partial charge in [-0.25, -0.2) is 4.98 Å². The minimum absolute atomic E-state index is 0.0289. The molecule has 1 rings (SSSR count). The van der Waals surface area contributed by atoms with Gasteiger partial charge in [0.25, 0.3) is 0 Å². The molecule has 1 amide bonds. The number of hydrogen-bond acceptors (Lipinski definition) is 7. The average Bonchev–Trinajstić information content (AvgIpc) is 2.16. The van der Waals surface area contributed by atoms with Crippen molar-refractivity contribution in [3.63, 3.8) is 0 Å². The number of nitrogens with one attached hydrogen (secondary N) is 1. The predicted octanol–water partition coefficient (Wildman–Crippen LogP) is -0.746. The molecule has 0 saturated carbocycles. The molecule has 5 N–H and O–H groups in total. The van der Waals surface area contributed by atoms with Crippen LogP contribution in [-0.4, -0.2) is 27.3 Å². The van der Waals surface area contributed by atoms with E-state index in [9.17, 15) is 14.9 Å². The minimum Gasteiger partial charge on any atom is -0.370 e. The largest absolute Gasteiger partial charge is 0.370 e. The normalized spacial score (nSPS) is 9.75. The maximum atomic E-state index is 10.6. The Hall–Kier alpha value is -2.45. The molecule has 0 fully saturated rings. The number of hydrogen-bond donors (Lipinski definition) is 3. The Kier molecular flexibility index (Phi) is 3.53. The van der Waals surface area contributed by atoms with Crippen molar-refractivity contribution in [1.82, 2.24) is 9.97 Å². The first-order valence-corrected chi connectivity index (χ1v) is 4.30. The van der Waals surface area contributed by atoms with Crippen molar-refractivity contribution < 1.29 is 9.72 Å². The van der Waals surface area contributed by atoms with Crippen molar-refractivity contribution in [2.75, 3.05) is 17.6 Å². The van der Waals surface area contributed by atoms with Crippen molar-refractivity contribution in [3.05, 3.63) is 16.3 Å². The van der Waals surface area contributed by atoms with E-state index in [0.29, 0.717) is 0 Å². The highest BCUT2D eigenvalue weighted by atomic mass is 16.6. The van der Waals surface area contributed by atoms with Gasteiger partial charge in [0.1, 0.15) is 6.20 Å². The van der Waals surface area contributed by atoms with Crippen LogP contribution in [0.5, 0.6) is 0 Å². The van der Waals surface area contributed by atoms with E-state index in [1.54, 1.807) is 0 Å². The lowest BCUT2D eigenvalue weighted by molar-refractivity contribution is -0.384. The maximum absolute atomic E-state index is 10.6. The zero-order valence-corrected chi connectivity index (χ0v) is 8.21. The van der Waals surface area contributed by atoms with Gasteiger partial charge in [0.15, 0.2) is 0 Å². The van der Waals surface area contributed by atoms with Gasteiger partial charge >= 0.3 is 5.69 Å². The summed E-state index contributed by atoms with van der Waals surface area (Å²) in [6.45, 7) is 0.145. The summed E-state index contributed by atoms with van der Waals surface area (Å²) in [4.78, 5) is 27.6. The number of nitrogen functional groups attached to an aromatic ring is 1. The summed E-state index contributed by atoms with van der Waals surface area (Å²) in [7, 11) is 0. The maximum Gasteiger partial charge on any atom is 0.329 e. The molecule has 86 valence electrons. The second kappa shape index (κ2) is 4.87. The molecule has 0 saturated heterocycles. The lowest BCUT2D eigenvalue weighted by atomic mass is 10.4. The molecule has 0 aromatic carbocycles. The van der Waals surface area contributed by atoms with Gasteiger partial charge in [-0.3, -0.25) is 14.9 Å². The topological polar surface area (TPSA) is 150 Å². The number of nitrogens with zero attached hydrogens (tertiary/aromatic N) is 3. The summed E-state index contributed by atoms with van der Waals surface area (Å²) >= 11 is 0. The Morgan fingerprint density at radius 3 is 2.88 bits per heavy atom. The van der Waals surface area contributed by atoms with Crippen LogP contribution in [0.3, 0.4) is 0 Å². The summed E-state index contributed by atoms with van der Waals surface area (Å²) in [5.74, 6) is -0.636. The lowest BCUT2D eigenvalue weighted by Gasteiger charge is -2.04. The average molecular weight is 226 g/mol. The summed E-state index contributed by atoms with van der Waals surface area (Å²) in [6, 6.07) is 0. The smallest absolute Gasteiger partial charge is 0.329 e. The second-order valence-electron chi connectivity index (χ2n) is 2.86. The molecule has 0 atom stereocenters. The van der Waals surface area contributed by atoms with Gasteiger partial charge in [0.2, 0.25) is 17.7 Å². The Bertz CT molecular complexity index is 421. The van der Waals surface area contributed by atoms with E-state index in [4.69, 9.17) is 11.5 Å². The molecule has 9 heteroatoms. The third-order valence-electron chi connectivity index (χ3n) is 1.65. The number of nitrogens with two attached hydrogens (primary N) is 2. The Morgan fingerprint density at radius 1 is 1.62 bits per heavy atom. The highest BCUT2D eigenvalue weighted by molar-refractivity contribution is 5.74. The molecule has 0 unspecified atom stereocenters. The third-order valence-corrected chi connectivity index (χ3v) is 1.65. The molecule has 16 heavy (non-hydrogen) atoms. The van der Waals surface area contributed by atoms with Gasteiger partial charge in [-0.05, 0) is 0 Å². The SMILES string of the molecule is NC(=O)CCNc1nc(N)ncc1[N+](=O)[O-]. The van der Waals surface area contributed by atoms with Gasteiger partial charge in [-0.15, -0.1) is 0 Å². The van der Waals surface area contributed by atoms with E-state index < -0.39 is 10.8 Å². The van der Waals surface area contributed by atoms with Gasteiger partial charge in [0, 0.05) is 13.0 Å². The fourth-order valence-electron chi connectivity index (χ4n) is 0.957. The number of aromatic nitrogens is 2. The minimum atomic E-state index is -0.647. The Labute approximate surface area is 90.0 Å². The van der Waals surface area contributed by atoms with Gasteiger partial charge in [0.05, 0.1) is 4.92 Å². The van der Waals surface area contributed by atoms with E-state index in [0.717, 1.165) is 6.20 Å².